The molecule has 0 aliphatic heterocycles. The molecule has 8 heteroatoms. The van der Waals surface area contributed by atoms with Crippen LogP contribution in [-0.4, -0.2) is 24.5 Å². The zero-order valence-corrected chi connectivity index (χ0v) is 18.2. The highest BCUT2D eigenvalue weighted by molar-refractivity contribution is 6.30. The Labute approximate surface area is 183 Å². The van der Waals surface area contributed by atoms with Crippen molar-refractivity contribution in [2.24, 2.45) is 14.1 Å². The maximum atomic E-state index is 12.7. The molecule has 4 aromatic rings. The van der Waals surface area contributed by atoms with Crippen LogP contribution in [0.15, 0.2) is 58.1 Å². The lowest BCUT2D eigenvalue weighted by Gasteiger charge is -2.11. The molecule has 0 amide bonds. The summed E-state index contributed by atoms with van der Waals surface area (Å²) in [4.78, 5) is 42.1. The number of halogens is 1. The molecule has 0 aliphatic carbocycles. The highest BCUT2D eigenvalue weighted by Gasteiger charge is 2.18. The van der Waals surface area contributed by atoms with E-state index in [9.17, 15) is 14.4 Å². The number of hydrogen-bond donors (Lipinski definition) is 0. The fourth-order valence-electron chi connectivity index (χ4n) is 3.68. The zero-order chi connectivity index (χ0) is 22.3. The van der Waals surface area contributed by atoms with Gasteiger partial charge in [0.2, 0.25) is 0 Å². The van der Waals surface area contributed by atoms with Gasteiger partial charge in [-0.1, -0.05) is 42.8 Å². The molecule has 0 radical (unpaired) electrons. The Morgan fingerprint density at radius 3 is 2.10 bits per heavy atom. The largest absolute Gasteiger partial charge is 0.332 e. The van der Waals surface area contributed by atoms with Crippen molar-refractivity contribution in [3.63, 3.8) is 0 Å². The number of carbonyl (C=O) groups is 1. The van der Waals surface area contributed by atoms with Gasteiger partial charge in [-0.3, -0.25) is 18.7 Å². The summed E-state index contributed by atoms with van der Waals surface area (Å²) in [6.07, 6.45) is 0.610. The first-order chi connectivity index (χ1) is 14.8. The van der Waals surface area contributed by atoms with Crippen LogP contribution in [0.25, 0.3) is 11.2 Å². The Morgan fingerprint density at radius 2 is 1.52 bits per heavy atom. The van der Waals surface area contributed by atoms with E-state index in [2.05, 4.69) is 4.98 Å². The van der Waals surface area contributed by atoms with E-state index in [1.54, 1.807) is 43.4 Å². The topological polar surface area (TPSA) is 78.9 Å². The third-order valence-corrected chi connectivity index (χ3v) is 5.65. The van der Waals surface area contributed by atoms with E-state index in [0.717, 1.165) is 16.0 Å². The second-order valence-electron chi connectivity index (χ2n) is 7.38. The summed E-state index contributed by atoms with van der Waals surface area (Å²) in [7, 11) is 3.08. The average molecular weight is 437 g/mol. The molecular weight excluding hydrogens is 416 g/mol. The molecule has 2 aromatic heterocycles. The van der Waals surface area contributed by atoms with Crippen molar-refractivity contribution in [1.82, 2.24) is 18.7 Å². The molecule has 31 heavy (non-hydrogen) atoms. The van der Waals surface area contributed by atoms with Gasteiger partial charge in [-0.2, -0.15) is 0 Å². The summed E-state index contributed by atoms with van der Waals surface area (Å²) >= 11 is 5.90. The van der Waals surface area contributed by atoms with Crippen LogP contribution in [0.1, 0.15) is 34.2 Å². The fraction of sp³-hybridized carbons (Fsp3) is 0.217. The van der Waals surface area contributed by atoms with Crippen molar-refractivity contribution in [1.29, 1.82) is 0 Å². The summed E-state index contributed by atoms with van der Waals surface area (Å²) < 4.78 is 4.39. The van der Waals surface area contributed by atoms with Crippen molar-refractivity contribution >= 4 is 28.5 Å². The first-order valence-electron chi connectivity index (χ1n) is 9.86. The smallest absolute Gasteiger partial charge is 0.309 e. The van der Waals surface area contributed by atoms with Crippen LogP contribution < -0.4 is 11.2 Å². The molecule has 158 valence electrons. The van der Waals surface area contributed by atoms with E-state index in [1.807, 2.05) is 23.6 Å². The number of nitrogens with zero attached hydrogens (tertiary/aromatic N) is 4. The lowest BCUT2D eigenvalue weighted by Crippen LogP contribution is -2.37. The summed E-state index contributed by atoms with van der Waals surface area (Å²) in [5.74, 6) is 0.631. The van der Waals surface area contributed by atoms with E-state index in [1.165, 1.54) is 11.6 Å². The van der Waals surface area contributed by atoms with Gasteiger partial charge in [0.15, 0.2) is 11.3 Å². The van der Waals surface area contributed by atoms with Gasteiger partial charge in [0.05, 0.1) is 6.54 Å². The summed E-state index contributed by atoms with van der Waals surface area (Å²) in [6, 6.07) is 14.1. The van der Waals surface area contributed by atoms with E-state index in [4.69, 9.17) is 11.6 Å². The number of ketones is 1. The van der Waals surface area contributed by atoms with Crippen LogP contribution in [-0.2, 0) is 27.1 Å². The van der Waals surface area contributed by atoms with Crippen molar-refractivity contribution in [3.05, 3.63) is 96.9 Å². The number of imidazole rings is 1. The lowest BCUT2D eigenvalue weighted by atomic mass is 10.0. The highest BCUT2D eigenvalue weighted by Crippen LogP contribution is 2.18. The molecule has 0 saturated carbocycles. The second-order valence-corrected chi connectivity index (χ2v) is 7.82. The number of aromatic nitrogens is 4. The van der Waals surface area contributed by atoms with Gasteiger partial charge >= 0.3 is 5.69 Å². The molecule has 0 unspecified atom stereocenters. The molecule has 0 bridgehead atoms. The Bertz CT molecular complexity index is 1410. The third kappa shape index (κ3) is 3.61. The monoisotopic (exact) mass is 436 g/mol. The molecule has 7 nitrogen and oxygen atoms in total. The van der Waals surface area contributed by atoms with Gasteiger partial charge in [-0.25, -0.2) is 9.78 Å². The minimum Gasteiger partial charge on any atom is -0.309 e. The van der Waals surface area contributed by atoms with Gasteiger partial charge in [0, 0.05) is 36.7 Å². The van der Waals surface area contributed by atoms with Gasteiger partial charge < -0.3 is 4.57 Å². The van der Waals surface area contributed by atoms with Crippen LogP contribution in [0.5, 0.6) is 0 Å². The number of fused-ring (bicyclic) bond motifs is 1. The summed E-state index contributed by atoms with van der Waals surface area (Å²) in [5, 5.41) is 0.579. The number of rotatable bonds is 5. The van der Waals surface area contributed by atoms with Crippen LogP contribution >= 0.6 is 11.6 Å². The van der Waals surface area contributed by atoms with E-state index < -0.39 is 11.2 Å². The normalized spacial score (nSPS) is 11.2. The SMILES string of the molecule is CCc1nc2c(=O)n(C)c(=O)n(C)c2n1Cc1ccc(C(=O)c2ccc(Cl)cc2)cc1. The number of benzene rings is 2. The molecule has 0 aliphatic rings. The maximum Gasteiger partial charge on any atom is 0.332 e. The molecule has 0 spiro atoms. The Morgan fingerprint density at radius 1 is 0.935 bits per heavy atom. The number of aryl methyl sites for hydroxylation is 2. The Kier molecular flexibility index (Phi) is 5.37. The van der Waals surface area contributed by atoms with E-state index in [-0.39, 0.29) is 11.3 Å². The Hall–Kier alpha value is -3.45. The van der Waals surface area contributed by atoms with Crippen molar-refractivity contribution in [3.8, 4) is 0 Å². The van der Waals surface area contributed by atoms with E-state index in [0.29, 0.717) is 34.8 Å². The molecule has 0 saturated heterocycles. The molecule has 0 fully saturated rings. The molecule has 2 heterocycles. The lowest BCUT2D eigenvalue weighted by molar-refractivity contribution is 0.103. The van der Waals surface area contributed by atoms with Crippen molar-refractivity contribution < 1.29 is 4.79 Å². The first-order valence-corrected chi connectivity index (χ1v) is 10.2. The molecule has 0 atom stereocenters. The number of carbonyl (C=O) groups excluding carboxylic acids is 1. The number of hydrogen-bond acceptors (Lipinski definition) is 4. The molecule has 2 aromatic carbocycles. The Balaban J connectivity index is 1.71. The predicted molar refractivity (Wildman–Crippen MR) is 120 cm³/mol. The van der Waals surface area contributed by atoms with E-state index >= 15 is 0 Å². The van der Waals surface area contributed by atoms with Gasteiger partial charge in [-0.05, 0) is 29.8 Å². The van der Waals surface area contributed by atoms with Gasteiger partial charge in [-0.15, -0.1) is 0 Å². The highest BCUT2D eigenvalue weighted by atomic mass is 35.5. The van der Waals surface area contributed by atoms with Gasteiger partial charge in [0.1, 0.15) is 11.5 Å². The zero-order valence-electron chi connectivity index (χ0n) is 17.4. The molecular formula is C23H21ClN4O3. The average Bonchev–Trinajstić information content (AvgIpc) is 3.15. The molecule has 4 rings (SSSR count). The van der Waals surface area contributed by atoms with Crippen LogP contribution in [0.3, 0.4) is 0 Å². The van der Waals surface area contributed by atoms with Crippen LogP contribution in [0, 0.1) is 0 Å². The second kappa shape index (κ2) is 8.00. The fourth-order valence-corrected chi connectivity index (χ4v) is 3.81. The van der Waals surface area contributed by atoms with Crippen molar-refractivity contribution in [2.45, 2.75) is 19.9 Å². The van der Waals surface area contributed by atoms with Gasteiger partial charge in [0.25, 0.3) is 5.56 Å². The van der Waals surface area contributed by atoms with Crippen molar-refractivity contribution in [2.75, 3.05) is 0 Å². The maximum absolute atomic E-state index is 12.7. The third-order valence-electron chi connectivity index (χ3n) is 5.40. The van der Waals surface area contributed by atoms with Crippen LogP contribution in [0.4, 0.5) is 0 Å². The minimum absolute atomic E-state index is 0.0866. The summed E-state index contributed by atoms with van der Waals surface area (Å²) in [5.41, 5.74) is 2.02. The summed E-state index contributed by atoms with van der Waals surface area (Å²) in [6.45, 7) is 2.38. The quantitative estimate of drug-likeness (QED) is 0.450. The van der Waals surface area contributed by atoms with Crippen LogP contribution in [0.2, 0.25) is 5.02 Å². The predicted octanol–water partition coefficient (Wildman–Crippen LogP) is 2.93. The standard InChI is InChI=1S/C23H21ClN4O3/c1-4-18-25-19-21(26(2)23(31)27(3)22(19)30)28(18)13-14-5-7-15(8-6-14)20(29)16-9-11-17(24)12-10-16/h5-12H,4,13H2,1-3H3. The minimum atomic E-state index is -0.407. The molecule has 0 N–H and O–H groups in total. The first kappa shape index (κ1) is 20.8.